The highest BCUT2D eigenvalue weighted by molar-refractivity contribution is 7.93. The van der Waals surface area contributed by atoms with Gasteiger partial charge in [0.15, 0.2) is 0 Å². The molecule has 0 amide bonds. The van der Waals surface area contributed by atoms with E-state index in [2.05, 4.69) is 0 Å². The molecule has 0 fully saturated rings. The van der Waals surface area contributed by atoms with E-state index in [4.69, 9.17) is 27.9 Å². The highest BCUT2D eigenvalue weighted by atomic mass is 35.5. The Labute approximate surface area is 250 Å². The molecule has 0 spiro atoms. The molecule has 4 aromatic rings. The second-order valence-electron chi connectivity index (χ2n) is 9.16. The van der Waals surface area contributed by atoms with Crippen LogP contribution in [0.2, 0.25) is 10.0 Å². The number of hydrogen-bond acceptors (Lipinski definition) is 6. The first-order chi connectivity index (χ1) is 19.4. The Morgan fingerprint density at radius 3 is 2.10 bits per heavy atom. The molecule has 0 saturated carbocycles. The maximum absolute atomic E-state index is 14.1. The second kappa shape index (κ2) is 12.7. The maximum atomic E-state index is 14.1. The molecule has 0 aromatic heterocycles. The standard InChI is InChI=1S/C29H28Cl2N2O6S2/c1-3-4-14-39-29(34)20-33(41(37,38)26-17-22(30)16-23(31)18-26)28-19-24(15-21-10-8-9-13-27(21)28)32(2)40(35,36)25-11-6-5-7-12-25/h5-13,15-19H,3-4,14,20H2,1-2H3. The fourth-order valence-corrected chi connectivity index (χ4v) is 7.50. The van der Waals surface area contributed by atoms with Gasteiger partial charge in [0.2, 0.25) is 0 Å². The quantitative estimate of drug-likeness (QED) is 0.138. The zero-order valence-electron chi connectivity index (χ0n) is 22.3. The first-order valence-corrected chi connectivity index (χ1v) is 16.3. The third-order valence-corrected chi connectivity index (χ3v) is 10.3. The monoisotopic (exact) mass is 634 g/mol. The van der Waals surface area contributed by atoms with E-state index in [-0.39, 0.29) is 37.8 Å². The van der Waals surface area contributed by atoms with Gasteiger partial charge in [-0.3, -0.25) is 13.4 Å². The zero-order valence-corrected chi connectivity index (χ0v) is 25.5. The van der Waals surface area contributed by atoms with E-state index in [0.717, 1.165) is 15.0 Å². The maximum Gasteiger partial charge on any atom is 0.326 e. The number of fused-ring (bicyclic) bond motifs is 1. The summed E-state index contributed by atoms with van der Waals surface area (Å²) in [7, 11) is -7.07. The Kier molecular flexibility index (Phi) is 9.48. The van der Waals surface area contributed by atoms with Gasteiger partial charge < -0.3 is 4.74 Å². The highest BCUT2D eigenvalue weighted by Crippen LogP contribution is 2.37. The average molecular weight is 636 g/mol. The average Bonchev–Trinajstić information content (AvgIpc) is 2.95. The number of hydrogen-bond donors (Lipinski definition) is 0. The van der Waals surface area contributed by atoms with E-state index >= 15 is 0 Å². The molecular formula is C29H28Cl2N2O6S2. The van der Waals surface area contributed by atoms with Crippen LogP contribution in [0.25, 0.3) is 10.8 Å². The van der Waals surface area contributed by atoms with E-state index in [1.54, 1.807) is 48.5 Å². The van der Waals surface area contributed by atoms with Gasteiger partial charge in [0.05, 0.1) is 27.8 Å². The van der Waals surface area contributed by atoms with Crippen LogP contribution in [0, 0.1) is 0 Å². The molecule has 0 aliphatic carbocycles. The van der Waals surface area contributed by atoms with Crippen LogP contribution in [0.15, 0.2) is 94.7 Å². The number of ether oxygens (including phenoxy) is 1. The number of anilines is 2. The van der Waals surface area contributed by atoms with Crippen molar-refractivity contribution in [1.82, 2.24) is 0 Å². The molecule has 41 heavy (non-hydrogen) atoms. The van der Waals surface area contributed by atoms with Crippen LogP contribution >= 0.6 is 23.2 Å². The van der Waals surface area contributed by atoms with Crippen LogP contribution in [-0.2, 0) is 29.6 Å². The van der Waals surface area contributed by atoms with Crippen molar-refractivity contribution < 1.29 is 26.4 Å². The minimum atomic E-state index is -4.45. The van der Waals surface area contributed by atoms with E-state index < -0.39 is 32.6 Å². The number of unbranched alkanes of at least 4 members (excludes halogenated alkanes) is 1. The first kappa shape index (κ1) is 30.6. The molecule has 0 saturated heterocycles. The molecule has 0 radical (unpaired) electrons. The minimum absolute atomic E-state index is 0.0646. The molecule has 12 heteroatoms. The summed E-state index contributed by atoms with van der Waals surface area (Å²) in [4.78, 5) is 12.8. The lowest BCUT2D eigenvalue weighted by Crippen LogP contribution is -2.37. The normalized spacial score (nSPS) is 11.8. The second-order valence-corrected chi connectivity index (χ2v) is 13.9. The highest BCUT2D eigenvalue weighted by Gasteiger charge is 2.31. The van der Waals surface area contributed by atoms with Gasteiger partial charge in [-0.05, 0) is 54.3 Å². The number of sulfonamides is 2. The molecule has 4 aromatic carbocycles. The fourth-order valence-electron chi connectivity index (χ4n) is 4.15. The number of halogens is 2. The van der Waals surface area contributed by atoms with Crippen LogP contribution < -0.4 is 8.61 Å². The third kappa shape index (κ3) is 6.78. The summed E-state index contributed by atoms with van der Waals surface area (Å²) in [6.07, 6.45) is 1.40. The van der Waals surface area contributed by atoms with Crippen molar-refractivity contribution in [3.8, 4) is 0 Å². The summed E-state index contributed by atoms with van der Waals surface area (Å²) in [6, 6.07) is 21.7. The van der Waals surface area contributed by atoms with E-state index in [9.17, 15) is 21.6 Å². The molecule has 0 heterocycles. The molecule has 4 rings (SSSR count). The summed E-state index contributed by atoms with van der Waals surface area (Å²) in [6.45, 7) is 1.40. The Morgan fingerprint density at radius 2 is 1.44 bits per heavy atom. The van der Waals surface area contributed by atoms with Crippen molar-refractivity contribution in [1.29, 1.82) is 0 Å². The molecule has 0 aliphatic rings. The van der Waals surface area contributed by atoms with Gasteiger partial charge in [-0.2, -0.15) is 0 Å². The van der Waals surface area contributed by atoms with E-state index in [1.807, 2.05) is 6.92 Å². The lowest BCUT2D eigenvalue weighted by molar-refractivity contribution is -0.141. The molecule has 0 bridgehead atoms. The van der Waals surface area contributed by atoms with Gasteiger partial charge in [0, 0.05) is 22.5 Å². The molecule has 0 unspecified atom stereocenters. The van der Waals surface area contributed by atoms with Gasteiger partial charge in [-0.25, -0.2) is 16.8 Å². The number of carbonyl (C=O) groups is 1. The summed E-state index contributed by atoms with van der Waals surface area (Å²) < 4.78 is 62.4. The minimum Gasteiger partial charge on any atom is -0.464 e. The molecule has 0 aliphatic heterocycles. The Balaban J connectivity index is 1.92. The van der Waals surface area contributed by atoms with Crippen LogP contribution in [0.1, 0.15) is 19.8 Å². The third-order valence-electron chi connectivity index (χ3n) is 6.32. The number of carbonyl (C=O) groups excluding carboxylic acids is 1. The Hall–Kier alpha value is -3.31. The number of nitrogens with zero attached hydrogens (tertiary/aromatic N) is 2. The smallest absolute Gasteiger partial charge is 0.326 e. The largest absolute Gasteiger partial charge is 0.464 e. The van der Waals surface area contributed by atoms with E-state index in [0.29, 0.717) is 17.2 Å². The van der Waals surface area contributed by atoms with Crippen molar-refractivity contribution in [3.63, 3.8) is 0 Å². The van der Waals surface area contributed by atoms with Gasteiger partial charge in [0.1, 0.15) is 6.54 Å². The summed E-state index contributed by atoms with van der Waals surface area (Å²) in [5.41, 5.74) is 0.267. The Morgan fingerprint density at radius 1 is 0.805 bits per heavy atom. The van der Waals surface area contributed by atoms with Crippen molar-refractivity contribution in [2.45, 2.75) is 29.6 Å². The van der Waals surface area contributed by atoms with Crippen LogP contribution in [0.3, 0.4) is 0 Å². The molecule has 216 valence electrons. The fraction of sp³-hybridized carbons (Fsp3) is 0.207. The van der Waals surface area contributed by atoms with Crippen LogP contribution in [-0.4, -0.2) is 43.0 Å². The lowest BCUT2D eigenvalue weighted by Gasteiger charge is -2.27. The predicted octanol–water partition coefficient (Wildman–Crippen LogP) is 6.51. The number of esters is 1. The predicted molar refractivity (Wildman–Crippen MR) is 163 cm³/mol. The van der Waals surface area contributed by atoms with Crippen molar-refractivity contribution in [2.24, 2.45) is 0 Å². The zero-order chi connectivity index (χ0) is 29.8. The summed E-state index contributed by atoms with van der Waals surface area (Å²) >= 11 is 12.3. The Bertz CT molecular complexity index is 1760. The van der Waals surface area contributed by atoms with Crippen molar-refractivity contribution in [3.05, 3.63) is 95.0 Å². The first-order valence-electron chi connectivity index (χ1n) is 12.7. The lowest BCUT2D eigenvalue weighted by atomic mass is 10.1. The topological polar surface area (TPSA) is 101 Å². The van der Waals surface area contributed by atoms with Crippen LogP contribution in [0.4, 0.5) is 11.4 Å². The van der Waals surface area contributed by atoms with Gasteiger partial charge in [-0.1, -0.05) is 79.0 Å². The molecule has 0 N–H and O–H groups in total. The van der Waals surface area contributed by atoms with E-state index in [1.165, 1.54) is 43.4 Å². The summed E-state index contributed by atoms with van der Waals surface area (Å²) in [5.74, 6) is -0.769. The van der Waals surface area contributed by atoms with Crippen molar-refractivity contribution in [2.75, 3.05) is 28.8 Å². The van der Waals surface area contributed by atoms with Gasteiger partial charge in [0.25, 0.3) is 20.0 Å². The van der Waals surface area contributed by atoms with Crippen molar-refractivity contribution >= 4 is 71.4 Å². The van der Waals surface area contributed by atoms with Gasteiger partial charge in [-0.15, -0.1) is 0 Å². The molecule has 8 nitrogen and oxygen atoms in total. The summed E-state index contributed by atoms with van der Waals surface area (Å²) in [5, 5.41) is 1.21. The number of benzene rings is 4. The van der Waals surface area contributed by atoms with Gasteiger partial charge >= 0.3 is 5.97 Å². The van der Waals surface area contributed by atoms with Crippen LogP contribution in [0.5, 0.6) is 0 Å². The SMILES string of the molecule is CCCCOC(=O)CN(c1cc(N(C)S(=O)(=O)c2ccccc2)cc2ccccc12)S(=O)(=O)c1cc(Cl)cc(Cl)c1. The number of rotatable bonds is 11. The molecular weight excluding hydrogens is 607 g/mol. The molecule has 0 atom stereocenters.